The number of carboxylic acid groups (broad SMARTS) is 1. The number of aliphatic carboxylic acids is 1. The Morgan fingerprint density at radius 3 is 2.48 bits per heavy atom. The maximum Gasteiger partial charge on any atom is 0.325 e. The fourth-order valence-electron chi connectivity index (χ4n) is 2.55. The quantitative estimate of drug-likeness (QED) is 0.591. The van der Waals surface area contributed by atoms with E-state index in [1.807, 2.05) is 13.0 Å². The summed E-state index contributed by atoms with van der Waals surface area (Å²) in [5, 5.41) is 15.2. The van der Waals surface area contributed by atoms with Crippen LogP contribution in [0.4, 0.5) is 0 Å². The molecule has 144 valence electrons. The van der Waals surface area contributed by atoms with Crippen LogP contribution >= 0.6 is 0 Å². The van der Waals surface area contributed by atoms with E-state index in [1.54, 1.807) is 42.5 Å². The summed E-state index contributed by atoms with van der Waals surface area (Å²) in [6.45, 7) is 2.60. The lowest BCUT2D eigenvalue weighted by Gasteiger charge is -2.16. The van der Waals surface area contributed by atoms with Gasteiger partial charge in [-0.15, -0.1) is 0 Å². The van der Waals surface area contributed by atoms with Gasteiger partial charge >= 0.3 is 5.97 Å². The molecule has 1 amide bonds. The summed E-state index contributed by atoms with van der Waals surface area (Å²) in [6, 6.07) is 13.4. The van der Waals surface area contributed by atoms with Crippen molar-refractivity contribution in [1.82, 2.24) is 10.6 Å². The number of hydrogen-bond donors (Lipinski definition) is 3. The van der Waals surface area contributed by atoms with Crippen molar-refractivity contribution in [1.29, 1.82) is 0 Å². The number of methoxy groups -OCH3 is 1. The highest BCUT2D eigenvalue weighted by molar-refractivity contribution is 5.77. The minimum absolute atomic E-state index is 0.100. The van der Waals surface area contributed by atoms with Crippen LogP contribution in [0.25, 0.3) is 0 Å². The largest absolute Gasteiger partial charge is 0.493 e. The Morgan fingerprint density at radius 1 is 1.11 bits per heavy atom. The van der Waals surface area contributed by atoms with E-state index in [2.05, 4.69) is 10.6 Å². The molecule has 0 saturated heterocycles. The van der Waals surface area contributed by atoms with E-state index in [0.717, 1.165) is 5.56 Å². The zero-order chi connectivity index (χ0) is 19.6. The summed E-state index contributed by atoms with van der Waals surface area (Å²) in [7, 11) is 1.51. The minimum atomic E-state index is -0.949. The summed E-state index contributed by atoms with van der Waals surface area (Å²) in [5.74, 6) is -0.233. The molecule has 0 spiro atoms. The molecule has 3 N–H and O–H groups in total. The molecule has 27 heavy (non-hydrogen) atoms. The van der Waals surface area contributed by atoms with Gasteiger partial charge in [-0.05, 0) is 30.2 Å². The third-order valence-corrected chi connectivity index (χ3v) is 3.85. The van der Waals surface area contributed by atoms with Crippen LogP contribution in [0.1, 0.15) is 24.1 Å². The smallest absolute Gasteiger partial charge is 0.325 e. The van der Waals surface area contributed by atoms with Gasteiger partial charge in [-0.25, -0.2) is 0 Å². The summed E-state index contributed by atoms with van der Waals surface area (Å²) in [6.07, 6.45) is 0. The van der Waals surface area contributed by atoms with Crippen LogP contribution in [0.3, 0.4) is 0 Å². The highest BCUT2D eigenvalue weighted by Gasteiger charge is 2.19. The molecule has 2 rings (SSSR count). The van der Waals surface area contributed by atoms with Crippen molar-refractivity contribution in [3.8, 4) is 11.5 Å². The normalized spacial score (nSPS) is 11.5. The van der Waals surface area contributed by atoms with Crippen LogP contribution in [-0.4, -0.2) is 37.2 Å². The van der Waals surface area contributed by atoms with Gasteiger partial charge in [0.25, 0.3) is 5.91 Å². The van der Waals surface area contributed by atoms with Crippen LogP contribution in [0.2, 0.25) is 0 Å². The molecule has 0 unspecified atom stereocenters. The molecule has 0 saturated carbocycles. The fourth-order valence-corrected chi connectivity index (χ4v) is 2.55. The fraction of sp³-hybridized carbons (Fsp3) is 0.300. The van der Waals surface area contributed by atoms with Crippen molar-refractivity contribution in [2.45, 2.75) is 19.5 Å². The van der Waals surface area contributed by atoms with Crippen molar-refractivity contribution in [3.05, 3.63) is 59.7 Å². The van der Waals surface area contributed by atoms with E-state index in [4.69, 9.17) is 9.47 Å². The van der Waals surface area contributed by atoms with Gasteiger partial charge in [0.05, 0.1) is 7.11 Å². The number of carbonyl (C=O) groups excluding carboxylic acids is 1. The number of carbonyl (C=O) groups is 2. The molecule has 0 bridgehead atoms. The Labute approximate surface area is 158 Å². The summed E-state index contributed by atoms with van der Waals surface area (Å²) >= 11 is 0. The van der Waals surface area contributed by atoms with Gasteiger partial charge < -0.3 is 19.9 Å². The molecule has 1 atom stereocenters. The van der Waals surface area contributed by atoms with E-state index in [-0.39, 0.29) is 12.5 Å². The second kappa shape index (κ2) is 10.2. The van der Waals surface area contributed by atoms with Crippen LogP contribution in [-0.2, 0) is 16.1 Å². The van der Waals surface area contributed by atoms with Crippen LogP contribution in [0.5, 0.6) is 11.5 Å². The van der Waals surface area contributed by atoms with Gasteiger partial charge in [0.1, 0.15) is 6.04 Å². The lowest BCUT2D eigenvalue weighted by molar-refractivity contribution is -0.139. The van der Waals surface area contributed by atoms with E-state index >= 15 is 0 Å². The average molecular weight is 372 g/mol. The van der Waals surface area contributed by atoms with Gasteiger partial charge in [-0.3, -0.25) is 14.9 Å². The molecule has 0 aliphatic heterocycles. The first-order valence-electron chi connectivity index (χ1n) is 8.62. The summed E-state index contributed by atoms with van der Waals surface area (Å²) in [5.41, 5.74) is 1.51. The lowest BCUT2D eigenvalue weighted by atomic mass is 10.1. The molecule has 0 radical (unpaired) electrons. The molecule has 2 aromatic rings. The number of ether oxygens (including phenoxy) is 2. The molecule has 0 heterocycles. The maximum atomic E-state index is 11.6. The molecule has 7 nitrogen and oxygen atoms in total. The molecular formula is C20H24N2O5. The SMILES string of the molecule is CCNC(=O)COc1ccc(CN[C@H](C(=O)O)c2ccccc2)cc1OC. The second-order valence-electron chi connectivity index (χ2n) is 5.79. The molecule has 0 aliphatic carbocycles. The van der Waals surface area contributed by atoms with Crippen LogP contribution in [0.15, 0.2) is 48.5 Å². The number of rotatable bonds is 10. The Hall–Kier alpha value is -3.06. The second-order valence-corrected chi connectivity index (χ2v) is 5.79. The monoisotopic (exact) mass is 372 g/mol. The van der Waals surface area contributed by atoms with Gasteiger partial charge in [0.2, 0.25) is 0 Å². The molecule has 0 fully saturated rings. The Morgan fingerprint density at radius 2 is 1.85 bits per heavy atom. The van der Waals surface area contributed by atoms with Crippen LogP contribution < -0.4 is 20.1 Å². The van der Waals surface area contributed by atoms with E-state index < -0.39 is 12.0 Å². The highest BCUT2D eigenvalue weighted by Crippen LogP contribution is 2.28. The first-order chi connectivity index (χ1) is 13.0. The predicted molar refractivity (Wildman–Crippen MR) is 101 cm³/mol. The third-order valence-electron chi connectivity index (χ3n) is 3.85. The van der Waals surface area contributed by atoms with E-state index in [9.17, 15) is 14.7 Å². The number of nitrogens with one attached hydrogen (secondary N) is 2. The van der Waals surface area contributed by atoms with Crippen molar-refractivity contribution in [3.63, 3.8) is 0 Å². The van der Waals surface area contributed by atoms with E-state index in [1.165, 1.54) is 7.11 Å². The topological polar surface area (TPSA) is 96.9 Å². The minimum Gasteiger partial charge on any atom is -0.493 e. The van der Waals surface area contributed by atoms with Crippen molar-refractivity contribution < 1.29 is 24.2 Å². The zero-order valence-corrected chi connectivity index (χ0v) is 15.4. The lowest BCUT2D eigenvalue weighted by Crippen LogP contribution is -2.28. The Kier molecular flexibility index (Phi) is 7.63. The number of likely N-dealkylation sites (N-methyl/N-ethyl adjacent to an activating group) is 1. The first kappa shape index (κ1) is 20.3. The number of benzene rings is 2. The standard InChI is InChI=1S/C20H24N2O5/c1-3-21-18(23)13-27-16-10-9-14(11-17(16)26-2)12-22-19(20(24)25)15-7-5-4-6-8-15/h4-11,19,22H,3,12-13H2,1-2H3,(H,21,23)(H,24,25)/t19-/m0/s1. The zero-order valence-electron chi connectivity index (χ0n) is 15.4. The van der Waals surface area contributed by atoms with Gasteiger partial charge in [-0.1, -0.05) is 36.4 Å². The molecule has 2 aromatic carbocycles. The summed E-state index contributed by atoms with van der Waals surface area (Å²) in [4.78, 5) is 23.1. The van der Waals surface area contributed by atoms with Crippen molar-refractivity contribution in [2.24, 2.45) is 0 Å². The predicted octanol–water partition coefficient (Wildman–Crippen LogP) is 2.13. The van der Waals surface area contributed by atoms with Gasteiger partial charge in [0.15, 0.2) is 18.1 Å². The number of hydrogen-bond acceptors (Lipinski definition) is 5. The first-order valence-corrected chi connectivity index (χ1v) is 8.62. The number of carboxylic acids is 1. The van der Waals surface area contributed by atoms with Crippen LogP contribution in [0, 0.1) is 0 Å². The Balaban J connectivity index is 2.04. The third kappa shape index (κ3) is 6.00. The number of amides is 1. The Bertz CT molecular complexity index is 764. The molecular weight excluding hydrogens is 348 g/mol. The summed E-state index contributed by atoms with van der Waals surface area (Å²) < 4.78 is 10.8. The van der Waals surface area contributed by atoms with E-state index in [0.29, 0.717) is 30.2 Å². The molecule has 7 heteroatoms. The highest BCUT2D eigenvalue weighted by atomic mass is 16.5. The van der Waals surface area contributed by atoms with Crippen molar-refractivity contribution in [2.75, 3.05) is 20.3 Å². The van der Waals surface area contributed by atoms with Crippen molar-refractivity contribution >= 4 is 11.9 Å². The average Bonchev–Trinajstić information content (AvgIpc) is 2.67. The van der Waals surface area contributed by atoms with Gasteiger partial charge in [0, 0.05) is 13.1 Å². The molecule has 0 aliphatic rings. The van der Waals surface area contributed by atoms with Gasteiger partial charge in [-0.2, -0.15) is 0 Å². The maximum absolute atomic E-state index is 11.6. The molecule has 0 aromatic heterocycles.